The lowest BCUT2D eigenvalue weighted by Gasteiger charge is -2.41. The van der Waals surface area contributed by atoms with E-state index in [2.05, 4.69) is 78.3 Å². The fourth-order valence-electron chi connectivity index (χ4n) is 4.93. The molecule has 5 rings (SSSR count). The molecule has 2 atom stereocenters. The van der Waals surface area contributed by atoms with Crippen LogP contribution < -0.4 is 15.1 Å². The number of anilines is 2. The van der Waals surface area contributed by atoms with Crippen LogP contribution in [0.3, 0.4) is 0 Å². The normalized spacial score (nSPS) is 21.5. The molecule has 0 unspecified atom stereocenters. The summed E-state index contributed by atoms with van der Waals surface area (Å²) in [4.78, 5) is 9.18. The topological polar surface area (TPSA) is 31.4 Å². The quantitative estimate of drug-likeness (QED) is 0.435. The van der Waals surface area contributed by atoms with Crippen molar-refractivity contribution in [2.24, 2.45) is 0 Å². The van der Waals surface area contributed by atoms with Gasteiger partial charge in [0.15, 0.2) is 5.11 Å². The van der Waals surface area contributed by atoms with Gasteiger partial charge in [0.25, 0.3) is 0 Å². The molecule has 33 heavy (non-hydrogen) atoms. The van der Waals surface area contributed by atoms with Crippen molar-refractivity contribution in [2.75, 3.05) is 16.8 Å². The molecule has 3 aromatic rings. The SMILES string of the molecule is CC1=CC(C)(C)N(C)c2ccc([C@@H]3[C@@H](c4ccccn4)NC(=S)N3c3ccc(Cl)cc3)cc21. The molecular weight excluding hydrogens is 448 g/mol. The average Bonchev–Trinajstić information content (AvgIpc) is 3.15. The second kappa shape index (κ2) is 8.15. The van der Waals surface area contributed by atoms with Crippen LogP contribution >= 0.6 is 23.8 Å². The second-order valence-corrected chi connectivity index (χ2v) is 10.1. The van der Waals surface area contributed by atoms with Gasteiger partial charge in [-0.15, -0.1) is 0 Å². The summed E-state index contributed by atoms with van der Waals surface area (Å²) in [6.07, 6.45) is 4.17. The van der Waals surface area contributed by atoms with Crippen LogP contribution in [-0.2, 0) is 0 Å². The maximum atomic E-state index is 6.18. The van der Waals surface area contributed by atoms with Crippen LogP contribution in [0, 0.1) is 0 Å². The van der Waals surface area contributed by atoms with Crippen molar-refractivity contribution in [3.63, 3.8) is 0 Å². The smallest absolute Gasteiger partial charge is 0.174 e. The Morgan fingerprint density at radius 1 is 1.06 bits per heavy atom. The van der Waals surface area contributed by atoms with E-state index in [1.165, 1.54) is 22.4 Å². The minimum Gasteiger partial charge on any atom is -0.366 e. The molecular formula is C27H27ClN4S. The molecule has 4 nitrogen and oxygen atoms in total. The van der Waals surface area contributed by atoms with E-state index in [1.54, 1.807) is 0 Å². The monoisotopic (exact) mass is 474 g/mol. The number of hydrogen-bond donors (Lipinski definition) is 1. The molecule has 2 aliphatic heterocycles. The van der Waals surface area contributed by atoms with Crippen LogP contribution in [0.1, 0.15) is 49.7 Å². The molecule has 0 radical (unpaired) electrons. The lowest BCUT2D eigenvalue weighted by atomic mass is 9.86. The maximum Gasteiger partial charge on any atom is 0.174 e. The predicted octanol–water partition coefficient (Wildman–Crippen LogP) is 6.54. The summed E-state index contributed by atoms with van der Waals surface area (Å²) in [6.45, 7) is 6.68. The van der Waals surface area contributed by atoms with Gasteiger partial charge in [0.05, 0.1) is 23.3 Å². The molecule has 0 spiro atoms. The number of likely N-dealkylation sites (N-methyl/N-ethyl adjacent to an activating group) is 1. The highest BCUT2D eigenvalue weighted by atomic mass is 35.5. The van der Waals surface area contributed by atoms with Gasteiger partial charge in [0, 0.05) is 35.2 Å². The number of hydrogen-bond acceptors (Lipinski definition) is 3. The van der Waals surface area contributed by atoms with Crippen molar-refractivity contribution in [2.45, 2.75) is 38.4 Å². The van der Waals surface area contributed by atoms with Gasteiger partial charge < -0.3 is 15.1 Å². The Morgan fingerprint density at radius 2 is 1.82 bits per heavy atom. The lowest BCUT2D eigenvalue weighted by molar-refractivity contribution is 0.566. The molecule has 2 aliphatic rings. The zero-order chi connectivity index (χ0) is 23.3. The maximum absolute atomic E-state index is 6.18. The minimum absolute atomic E-state index is 0.0269. The van der Waals surface area contributed by atoms with Crippen molar-refractivity contribution >= 4 is 45.9 Å². The van der Waals surface area contributed by atoms with E-state index in [0.717, 1.165) is 11.4 Å². The number of fused-ring (bicyclic) bond motifs is 1. The first-order chi connectivity index (χ1) is 15.8. The van der Waals surface area contributed by atoms with E-state index in [0.29, 0.717) is 10.1 Å². The number of allylic oxidation sites excluding steroid dienone is 1. The van der Waals surface area contributed by atoms with Gasteiger partial charge in [-0.25, -0.2) is 0 Å². The second-order valence-electron chi connectivity index (χ2n) is 9.29. The molecule has 2 aromatic carbocycles. The molecule has 0 aliphatic carbocycles. The summed E-state index contributed by atoms with van der Waals surface area (Å²) >= 11 is 12.0. The molecule has 6 heteroatoms. The number of aromatic nitrogens is 1. The summed E-state index contributed by atoms with van der Waals surface area (Å²) in [5.41, 5.74) is 6.91. The van der Waals surface area contributed by atoms with Gasteiger partial charge in [0.2, 0.25) is 0 Å². The van der Waals surface area contributed by atoms with Crippen LogP contribution in [0.4, 0.5) is 11.4 Å². The Kier molecular flexibility index (Phi) is 5.42. The first kappa shape index (κ1) is 21.9. The molecule has 168 valence electrons. The number of nitrogens with one attached hydrogen (secondary N) is 1. The van der Waals surface area contributed by atoms with Crippen LogP contribution in [0.15, 0.2) is 72.9 Å². The Balaban J connectivity index is 1.65. The van der Waals surface area contributed by atoms with Gasteiger partial charge in [-0.1, -0.05) is 29.8 Å². The minimum atomic E-state index is -0.0746. The van der Waals surface area contributed by atoms with E-state index < -0.39 is 0 Å². The molecule has 1 aromatic heterocycles. The van der Waals surface area contributed by atoms with Crippen LogP contribution in [0.5, 0.6) is 0 Å². The van der Waals surface area contributed by atoms with Gasteiger partial charge in [-0.05, 0) is 92.7 Å². The molecule has 0 bridgehead atoms. The van der Waals surface area contributed by atoms with Crippen molar-refractivity contribution < 1.29 is 0 Å². The highest BCUT2D eigenvalue weighted by Crippen LogP contribution is 2.45. The van der Waals surface area contributed by atoms with Crippen LogP contribution in [0.2, 0.25) is 5.02 Å². The largest absolute Gasteiger partial charge is 0.366 e. The highest BCUT2D eigenvalue weighted by Gasteiger charge is 2.41. The Bertz CT molecular complexity index is 1240. The van der Waals surface area contributed by atoms with Gasteiger partial charge in [-0.2, -0.15) is 0 Å². The van der Waals surface area contributed by atoms with E-state index in [4.69, 9.17) is 23.8 Å². The van der Waals surface area contributed by atoms with E-state index in [-0.39, 0.29) is 17.6 Å². The van der Waals surface area contributed by atoms with Crippen LogP contribution in [-0.4, -0.2) is 22.7 Å². The zero-order valence-corrected chi connectivity index (χ0v) is 20.8. The van der Waals surface area contributed by atoms with E-state index in [1.807, 2.05) is 42.6 Å². The molecule has 3 heterocycles. The first-order valence-electron chi connectivity index (χ1n) is 11.1. The number of benzene rings is 2. The van der Waals surface area contributed by atoms with Gasteiger partial charge in [0.1, 0.15) is 0 Å². The number of thiocarbonyl (C=S) groups is 1. The molecule has 1 fully saturated rings. The fourth-order valence-corrected chi connectivity index (χ4v) is 5.41. The van der Waals surface area contributed by atoms with Gasteiger partial charge in [-0.3, -0.25) is 4.98 Å². The molecule has 0 amide bonds. The standard InChI is InChI=1S/C27H27ClN4S/c1-17-16-27(2,3)31(4)23-13-8-18(15-21(17)23)25-24(22-7-5-6-14-29-22)30-26(33)32(25)20-11-9-19(28)10-12-20/h5-16,24-25H,1-4H3,(H,30,33)/t24-,25-/m1/s1. The Labute approximate surface area is 205 Å². The Morgan fingerprint density at radius 3 is 2.52 bits per heavy atom. The highest BCUT2D eigenvalue weighted by molar-refractivity contribution is 7.80. The van der Waals surface area contributed by atoms with Gasteiger partial charge >= 0.3 is 0 Å². The van der Waals surface area contributed by atoms with Crippen molar-refractivity contribution in [3.05, 3.63) is 94.8 Å². The molecule has 1 N–H and O–H groups in total. The number of pyridine rings is 1. The summed E-state index contributed by atoms with van der Waals surface area (Å²) in [5.74, 6) is 0. The predicted molar refractivity (Wildman–Crippen MR) is 142 cm³/mol. The van der Waals surface area contributed by atoms with Crippen LogP contribution in [0.25, 0.3) is 5.57 Å². The van der Waals surface area contributed by atoms with E-state index in [9.17, 15) is 0 Å². The third kappa shape index (κ3) is 3.79. The third-order valence-electron chi connectivity index (χ3n) is 6.79. The van der Waals surface area contributed by atoms with Crippen molar-refractivity contribution in [1.82, 2.24) is 10.3 Å². The summed E-state index contributed by atoms with van der Waals surface area (Å²) in [6, 6.07) is 20.5. The number of nitrogens with zero attached hydrogens (tertiary/aromatic N) is 3. The zero-order valence-electron chi connectivity index (χ0n) is 19.2. The lowest BCUT2D eigenvalue weighted by Crippen LogP contribution is -2.42. The number of rotatable bonds is 3. The molecule has 1 saturated heterocycles. The Hall–Kier alpha value is -2.89. The summed E-state index contributed by atoms with van der Waals surface area (Å²) < 4.78 is 0. The van der Waals surface area contributed by atoms with Crippen molar-refractivity contribution in [3.8, 4) is 0 Å². The van der Waals surface area contributed by atoms with Crippen molar-refractivity contribution in [1.29, 1.82) is 0 Å². The number of halogens is 1. The van der Waals surface area contributed by atoms with E-state index >= 15 is 0 Å². The summed E-state index contributed by atoms with van der Waals surface area (Å²) in [5, 5.41) is 4.92. The summed E-state index contributed by atoms with van der Waals surface area (Å²) in [7, 11) is 2.16. The average molecular weight is 475 g/mol. The third-order valence-corrected chi connectivity index (χ3v) is 7.35. The first-order valence-corrected chi connectivity index (χ1v) is 11.9. The fraction of sp³-hybridized carbons (Fsp3) is 0.259. The molecule has 0 saturated carbocycles.